The van der Waals surface area contributed by atoms with E-state index in [0.717, 1.165) is 18.1 Å². The van der Waals surface area contributed by atoms with Crippen molar-refractivity contribution >= 4 is 33.4 Å². The smallest absolute Gasteiger partial charge is 0.267 e. The molecule has 0 heterocycles. The maximum atomic E-state index is 12.1. The molecule has 7 nitrogen and oxygen atoms in total. The van der Waals surface area contributed by atoms with Gasteiger partial charge in [-0.05, 0) is 48.2 Å². The van der Waals surface area contributed by atoms with Crippen molar-refractivity contribution in [3.05, 3.63) is 64.2 Å². The third kappa shape index (κ3) is 5.78. The summed E-state index contributed by atoms with van der Waals surface area (Å²) in [5.74, 6) is -0.702. The van der Waals surface area contributed by atoms with Crippen LogP contribution in [0.5, 0.6) is 0 Å². The van der Waals surface area contributed by atoms with Crippen molar-refractivity contribution in [3.63, 3.8) is 0 Å². The maximum Gasteiger partial charge on any atom is 0.269 e. The van der Waals surface area contributed by atoms with Gasteiger partial charge in [0.1, 0.15) is 4.90 Å². The summed E-state index contributed by atoms with van der Waals surface area (Å²) in [6, 6.07) is 10.6. The number of carbonyl (C=O) groups is 2. The Balaban J connectivity index is 2.04. The Hall–Kier alpha value is -2.42. The molecule has 144 valence electrons. The molecular formula is C18H20ClN3O4S. The topological polar surface area (TPSA) is 118 Å². The van der Waals surface area contributed by atoms with Gasteiger partial charge in [-0.1, -0.05) is 37.6 Å². The molecule has 4 N–H and O–H groups in total. The molecule has 0 aliphatic carbocycles. The van der Waals surface area contributed by atoms with Crippen LogP contribution >= 0.6 is 11.6 Å². The van der Waals surface area contributed by atoms with E-state index in [0.29, 0.717) is 11.5 Å². The van der Waals surface area contributed by atoms with Gasteiger partial charge in [0.15, 0.2) is 0 Å². The lowest BCUT2D eigenvalue weighted by molar-refractivity contribution is 0.0846. The number of hydrogen-bond acceptors (Lipinski definition) is 4. The van der Waals surface area contributed by atoms with Crippen LogP contribution in [-0.4, -0.2) is 20.2 Å². The zero-order valence-corrected chi connectivity index (χ0v) is 16.4. The molecule has 0 saturated heterocycles. The molecule has 2 rings (SSSR count). The van der Waals surface area contributed by atoms with Crippen LogP contribution in [-0.2, 0) is 16.4 Å². The predicted octanol–water partition coefficient (Wildman–Crippen LogP) is 2.26. The highest BCUT2D eigenvalue weighted by molar-refractivity contribution is 7.89. The number of hydrogen-bond donors (Lipinski definition) is 3. The van der Waals surface area contributed by atoms with E-state index in [1.807, 2.05) is 12.1 Å². The monoisotopic (exact) mass is 409 g/mol. The highest BCUT2D eigenvalue weighted by Crippen LogP contribution is 2.21. The number of sulfonamides is 1. The number of rotatable bonds is 5. The van der Waals surface area contributed by atoms with Crippen molar-refractivity contribution in [2.75, 3.05) is 0 Å². The summed E-state index contributed by atoms with van der Waals surface area (Å²) in [5, 5.41) is 4.96. The van der Waals surface area contributed by atoms with Gasteiger partial charge in [0, 0.05) is 11.1 Å². The first kappa shape index (κ1) is 20.9. The van der Waals surface area contributed by atoms with E-state index in [1.54, 1.807) is 12.1 Å². The van der Waals surface area contributed by atoms with E-state index in [4.69, 9.17) is 16.7 Å². The first-order valence-corrected chi connectivity index (χ1v) is 10.0. The fourth-order valence-electron chi connectivity index (χ4n) is 2.38. The second kappa shape index (κ2) is 8.51. The van der Waals surface area contributed by atoms with Crippen molar-refractivity contribution in [1.82, 2.24) is 10.9 Å². The van der Waals surface area contributed by atoms with Crippen LogP contribution in [0, 0.1) is 5.92 Å². The average molecular weight is 410 g/mol. The molecular weight excluding hydrogens is 390 g/mol. The Kier molecular flexibility index (Phi) is 6.59. The van der Waals surface area contributed by atoms with E-state index in [2.05, 4.69) is 24.7 Å². The highest BCUT2D eigenvalue weighted by atomic mass is 35.5. The van der Waals surface area contributed by atoms with Crippen LogP contribution in [0.2, 0.25) is 5.02 Å². The summed E-state index contributed by atoms with van der Waals surface area (Å²) >= 11 is 5.78. The van der Waals surface area contributed by atoms with Gasteiger partial charge < -0.3 is 0 Å². The molecule has 0 unspecified atom stereocenters. The quantitative estimate of drug-likeness (QED) is 0.656. The van der Waals surface area contributed by atoms with Gasteiger partial charge in [0.25, 0.3) is 11.8 Å². The zero-order chi connectivity index (χ0) is 20.2. The Bertz CT molecular complexity index is 957. The summed E-state index contributed by atoms with van der Waals surface area (Å²) in [6.45, 7) is 4.21. The molecule has 27 heavy (non-hydrogen) atoms. The molecule has 0 atom stereocenters. The minimum atomic E-state index is -4.08. The lowest BCUT2D eigenvalue weighted by Crippen LogP contribution is -2.41. The van der Waals surface area contributed by atoms with Gasteiger partial charge in [-0.15, -0.1) is 0 Å². The molecule has 2 aromatic carbocycles. The standard InChI is InChI=1S/C18H20ClN3O4S/c1-11(2)9-12-3-5-13(6-4-12)17(23)21-22-18(24)14-7-8-15(19)16(10-14)27(20,25)26/h3-8,10-11H,9H2,1-2H3,(H,21,23)(H,22,24)(H2,20,25,26). The first-order chi connectivity index (χ1) is 12.6. The van der Waals surface area contributed by atoms with Crippen LogP contribution in [0.1, 0.15) is 40.1 Å². The van der Waals surface area contributed by atoms with Crippen molar-refractivity contribution in [1.29, 1.82) is 0 Å². The van der Waals surface area contributed by atoms with Gasteiger partial charge in [-0.3, -0.25) is 20.4 Å². The lowest BCUT2D eigenvalue weighted by Gasteiger charge is -2.10. The molecule has 0 saturated carbocycles. The largest absolute Gasteiger partial charge is 0.269 e. The van der Waals surface area contributed by atoms with E-state index < -0.39 is 21.8 Å². The first-order valence-electron chi connectivity index (χ1n) is 8.10. The van der Waals surface area contributed by atoms with E-state index in [1.165, 1.54) is 12.1 Å². The van der Waals surface area contributed by atoms with Gasteiger partial charge in [-0.2, -0.15) is 0 Å². The van der Waals surface area contributed by atoms with Crippen LogP contribution in [0.25, 0.3) is 0 Å². The molecule has 2 aromatic rings. The number of halogens is 1. The minimum Gasteiger partial charge on any atom is -0.267 e. The second-order valence-electron chi connectivity index (χ2n) is 6.39. The van der Waals surface area contributed by atoms with E-state index >= 15 is 0 Å². The van der Waals surface area contributed by atoms with Gasteiger partial charge in [0.2, 0.25) is 10.0 Å². The summed E-state index contributed by atoms with van der Waals surface area (Å²) < 4.78 is 22.9. The number of hydrazine groups is 1. The Morgan fingerprint density at radius 2 is 1.52 bits per heavy atom. The number of nitrogens with one attached hydrogen (secondary N) is 2. The van der Waals surface area contributed by atoms with Crippen LogP contribution in [0.15, 0.2) is 47.4 Å². The lowest BCUT2D eigenvalue weighted by atomic mass is 10.0. The number of benzene rings is 2. The van der Waals surface area contributed by atoms with Crippen LogP contribution in [0.3, 0.4) is 0 Å². The maximum absolute atomic E-state index is 12.1. The fraction of sp³-hybridized carbons (Fsp3) is 0.222. The number of carbonyl (C=O) groups excluding carboxylic acids is 2. The number of nitrogens with two attached hydrogens (primary N) is 1. The summed E-state index contributed by atoms with van der Waals surface area (Å²) in [4.78, 5) is 23.9. The average Bonchev–Trinajstić information content (AvgIpc) is 2.59. The van der Waals surface area contributed by atoms with Crippen LogP contribution in [0.4, 0.5) is 0 Å². The van der Waals surface area contributed by atoms with Crippen LogP contribution < -0.4 is 16.0 Å². The normalized spacial score (nSPS) is 11.3. The molecule has 9 heteroatoms. The number of primary sulfonamides is 1. The molecule has 0 spiro atoms. The highest BCUT2D eigenvalue weighted by Gasteiger charge is 2.17. The molecule has 0 aliphatic rings. The second-order valence-corrected chi connectivity index (χ2v) is 8.33. The van der Waals surface area contributed by atoms with Crippen molar-refractivity contribution < 1.29 is 18.0 Å². The predicted molar refractivity (Wildman–Crippen MR) is 103 cm³/mol. The Morgan fingerprint density at radius 3 is 2.04 bits per heavy atom. The number of amides is 2. The third-order valence-electron chi connectivity index (χ3n) is 3.65. The van der Waals surface area contributed by atoms with Gasteiger partial charge >= 0.3 is 0 Å². The Morgan fingerprint density at radius 1 is 1.00 bits per heavy atom. The van der Waals surface area contributed by atoms with E-state index in [9.17, 15) is 18.0 Å². The molecule has 0 bridgehead atoms. The van der Waals surface area contributed by atoms with E-state index in [-0.39, 0.29) is 15.5 Å². The molecule has 0 aromatic heterocycles. The minimum absolute atomic E-state index is 0.0176. The SMILES string of the molecule is CC(C)Cc1ccc(C(=O)NNC(=O)c2ccc(Cl)c(S(N)(=O)=O)c2)cc1. The van der Waals surface area contributed by atoms with Crippen molar-refractivity contribution in [3.8, 4) is 0 Å². The fourth-order valence-corrected chi connectivity index (χ4v) is 3.46. The van der Waals surface area contributed by atoms with Gasteiger partial charge in [-0.25, -0.2) is 13.6 Å². The molecule has 0 radical (unpaired) electrons. The molecule has 0 aliphatic heterocycles. The summed E-state index contributed by atoms with van der Waals surface area (Å²) in [5.41, 5.74) is 5.98. The van der Waals surface area contributed by atoms with Crippen molar-refractivity contribution in [2.24, 2.45) is 11.1 Å². The Labute approximate surface area is 162 Å². The summed E-state index contributed by atoms with van der Waals surface area (Å²) in [7, 11) is -4.08. The van der Waals surface area contributed by atoms with Gasteiger partial charge in [0.05, 0.1) is 5.02 Å². The molecule has 0 fully saturated rings. The van der Waals surface area contributed by atoms with Crippen molar-refractivity contribution in [2.45, 2.75) is 25.2 Å². The summed E-state index contributed by atoms with van der Waals surface area (Å²) in [6.07, 6.45) is 0.904. The molecule has 2 amide bonds. The third-order valence-corrected chi connectivity index (χ3v) is 5.04. The zero-order valence-electron chi connectivity index (χ0n) is 14.8.